The Morgan fingerprint density at radius 2 is 1.80 bits per heavy atom. The van der Waals surface area contributed by atoms with Gasteiger partial charge < -0.3 is 20.7 Å². The van der Waals surface area contributed by atoms with Crippen LogP contribution in [-0.4, -0.2) is 70.7 Å². The van der Waals surface area contributed by atoms with Crippen molar-refractivity contribution < 1.29 is 44.3 Å². The maximum Gasteiger partial charge on any atom is 0.417 e. The van der Waals surface area contributed by atoms with Gasteiger partial charge in [0.15, 0.2) is 5.82 Å². The molecule has 5 fully saturated rings. The molecule has 2 aromatic carbocycles. The molecule has 1 aromatic heterocycles. The first kappa shape index (κ1) is 35.4. The summed E-state index contributed by atoms with van der Waals surface area (Å²) in [4.78, 5) is 12.6. The lowest BCUT2D eigenvalue weighted by Gasteiger charge is -2.41. The predicted octanol–water partition coefficient (Wildman–Crippen LogP) is 7.60. The van der Waals surface area contributed by atoms with Gasteiger partial charge in [-0.1, -0.05) is 6.58 Å². The third-order valence-corrected chi connectivity index (χ3v) is 12.8. The van der Waals surface area contributed by atoms with Crippen LogP contribution in [0.15, 0.2) is 12.6 Å². The van der Waals surface area contributed by atoms with Gasteiger partial charge in [-0.15, -0.1) is 0 Å². The SMILES string of the molecule is C=C1C[C@@H]2[C@@H]3CC[C@H](CN2c2nc(OC[C@@]45CCCN4C[C@@]4(CC4(F)F)C5)nc4c(F)c(-c5c(C#N)c(N)cc(C)c5C(F)(F)F)c(C(F)(F)F)c1c24)N3. The van der Waals surface area contributed by atoms with E-state index >= 15 is 17.6 Å². The molecule has 5 atom stereocenters. The zero-order chi connectivity index (χ0) is 38.5. The number of nitrogens with zero attached hydrogens (tertiary/aromatic N) is 5. The molecule has 2 bridgehead atoms. The van der Waals surface area contributed by atoms with Crippen molar-refractivity contribution in [3.8, 4) is 23.2 Å². The molecule has 3 N–H and O–H groups in total. The number of hydrogen-bond donors (Lipinski definition) is 2. The summed E-state index contributed by atoms with van der Waals surface area (Å²) in [6, 6.07) is 1.02. The third kappa shape index (κ3) is 4.90. The van der Waals surface area contributed by atoms with Crippen LogP contribution in [0.3, 0.4) is 0 Å². The van der Waals surface area contributed by atoms with E-state index in [1.54, 1.807) is 4.90 Å². The molecule has 9 rings (SSSR count). The van der Waals surface area contributed by atoms with E-state index in [0.717, 1.165) is 19.4 Å². The Bertz CT molecular complexity index is 2220. The fraction of sp³-hybridized carbons (Fsp3) is 0.541. The number of nitrogens with two attached hydrogens (primary N) is 1. The Morgan fingerprint density at radius 1 is 1.07 bits per heavy atom. The van der Waals surface area contributed by atoms with E-state index in [2.05, 4.69) is 21.9 Å². The monoisotopic (exact) mass is 763 g/mol. The zero-order valence-corrected chi connectivity index (χ0v) is 28.9. The summed E-state index contributed by atoms with van der Waals surface area (Å²) in [6.07, 6.45) is -8.34. The Morgan fingerprint density at radius 3 is 2.46 bits per heavy atom. The average Bonchev–Trinajstić information content (AvgIpc) is 3.40. The summed E-state index contributed by atoms with van der Waals surface area (Å²) in [5.41, 5.74) is -6.05. The molecule has 6 aliphatic rings. The normalized spacial score (nSPS) is 29.8. The number of ether oxygens (including phenoxy) is 1. The first-order valence-electron chi connectivity index (χ1n) is 17.8. The van der Waals surface area contributed by atoms with E-state index < -0.39 is 103 Å². The number of alkyl halides is 8. The molecule has 1 aliphatic carbocycles. The Kier molecular flexibility index (Phi) is 7.31. The van der Waals surface area contributed by atoms with Crippen LogP contribution in [-0.2, 0) is 12.4 Å². The van der Waals surface area contributed by atoms with Crippen LogP contribution in [0.1, 0.15) is 72.8 Å². The quantitative estimate of drug-likeness (QED) is 0.207. The first-order chi connectivity index (χ1) is 25.3. The lowest BCUT2D eigenvalue weighted by molar-refractivity contribution is -0.139. The van der Waals surface area contributed by atoms with Crippen molar-refractivity contribution in [2.45, 2.75) is 93.8 Å². The number of nitriles is 1. The first-order valence-corrected chi connectivity index (χ1v) is 17.8. The molecule has 1 spiro atoms. The van der Waals surface area contributed by atoms with E-state index in [-0.39, 0.29) is 62.4 Å². The number of hydrogen-bond acceptors (Lipinski definition) is 8. The van der Waals surface area contributed by atoms with E-state index in [1.165, 1.54) is 6.07 Å². The second-order valence-corrected chi connectivity index (χ2v) is 16.0. The molecule has 4 saturated heterocycles. The largest absolute Gasteiger partial charge is 0.461 e. The second-order valence-electron chi connectivity index (χ2n) is 16.0. The number of piperazine rings is 1. The summed E-state index contributed by atoms with van der Waals surface area (Å²) in [5.74, 6) is -4.70. The smallest absolute Gasteiger partial charge is 0.417 e. The summed E-state index contributed by atoms with van der Waals surface area (Å²) in [5, 5.41) is 13.1. The maximum atomic E-state index is 17.5. The van der Waals surface area contributed by atoms with Crippen LogP contribution >= 0.6 is 0 Å². The minimum absolute atomic E-state index is 0.0784. The van der Waals surface area contributed by atoms with Crippen LogP contribution in [0.25, 0.3) is 27.6 Å². The van der Waals surface area contributed by atoms with Crippen molar-refractivity contribution >= 4 is 28.0 Å². The highest BCUT2D eigenvalue weighted by molar-refractivity contribution is 6.06. The summed E-state index contributed by atoms with van der Waals surface area (Å²) in [7, 11) is 0. The number of benzene rings is 2. The van der Waals surface area contributed by atoms with Crippen molar-refractivity contribution in [2.24, 2.45) is 5.41 Å². The van der Waals surface area contributed by atoms with E-state index in [1.807, 2.05) is 4.90 Å². The van der Waals surface area contributed by atoms with Crippen LogP contribution in [0, 0.1) is 29.5 Å². The molecule has 5 aliphatic heterocycles. The van der Waals surface area contributed by atoms with Gasteiger partial charge in [-0.05, 0) is 69.2 Å². The van der Waals surface area contributed by atoms with Crippen molar-refractivity contribution in [3.05, 3.63) is 46.3 Å². The number of rotatable bonds is 4. The molecule has 54 heavy (non-hydrogen) atoms. The molecule has 0 radical (unpaired) electrons. The third-order valence-electron chi connectivity index (χ3n) is 12.8. The summed E-state index contributed by atoms with van der Waals surface area (Å²) in [6.45, 7) is 5.78. The number of aromatic nitrogens is 2. The highest BCUT2D eigenvalue weighted by Gasteiger charge is 2.77. The number of halogens is 9. The van der Waals surface area contributed by atoms with Crippen LogP contribution in [0.2, 0.25) is 0 Å². The molecule has 17 heteroatoms. The van der Waals surface area contributed by atoms with Gasteiger partial charge in [-0.2, -0.15) is 41.6 Å². The van der Waals surface area contributed by atoms with Gasteiger partial charge in [0.05, 0.1) is 38.7 Å². The van der Waals surface area contributed by atoms with Gasteiger partial charge in [-0.25, -0.2) is 13.2 Å². The zero-order valence-electron chi connectivity index (χ0n) is 28.9. The van der Waals surface area contributed by atoms with E-state index in [9.17, 15) is 27.2 Å². The lowest BCUT2D eigenvalue weighted by Crippen LogP contribution is -2.58. The van der Waals surface area contributed by atoms with Gasteiger partial charge in [0.25, 0.3) is 5.92 Å². The highest BCUT2D eigenvalue weighted by Crippen LogP contribution is 2.69. The Hall–Kier alpha value is -4.30. The van der Waals surface area contributed by atoms with Crippen LogP contribution < -0.4 is 20.7 Å². The highest BCUT2D eigenvalue weighted by atomic mass is 19.4. The van der Waals surface area contributed by atoms with Gasteiger partial charge >= 0.3 is 18.4 Å². The van der Waals surface area contributed by atoms with E-state index in [0.29, 0.717) is 25.8 Å². The fourth-order valence-corrected chi connectivity index (χ4v) is 10.4. The minimum Gasteiger partial charge on any atom is -0.461 e. The standard InChI is InChI=1S/C37H34F9N7O/c1-16-9-22-21-5-4-18(49-21)11-53(22)31-26-23(16)28(37(44,45)46)25(24-19(10-47)20(48)8-17(2)27(24)36(41,42)43)29(38)30(26)50-32(51-31)54-15-34-6-3-7-52(34)14-33(12-34)13-35(33,39)40/h8,18,21-22,49H,1,3-7,9,11-15,48H2,2H3/t18-,21+,22-,33+,34+/m1/s1. The Labute approximate surface area is 303 Å². The number of fused-ring (bicyclic) bond motifs is 6. The molecule has 1 saturated carbocycles. The molecule has 8 nitrogen and oxygen atoms in total. The van der Waals surface area contributed by atoms with Crippen LogP contribution in [0.5, 0.6) is 6.01 Å². The van der Waals surface area contributed by atoms with Crippen molar-refractivity contribution in [1.29, 1.82) is 5.26 Å². The van der Waals surface area contributed by atoms with Crippen LogP contribution in [0.4, 0.5) is 51.0 Å². The number of nitrogens with one attached hydrogen (secondary N) is 1. The number of anilines is 2. The van der Waals surface area contributed by atoms with Gasteiger partial charge in [0.2, 0.25) is 0 Å². The molecular weight excluding hydrogens is 729 g/mol. The van der Waals surface area contributed by atoms with Crippen molar-refractivity contribution in [3.63, 3.8) is 0 Å². The van der Waals surface area contributed by atoms with Gasteiger partial charge in [-0.3, -0.25) is 4.90 Å². The van der Waals surface area contributed by atoms with Gasteiger partial charge in [0.1, 0.15) is 24.0 Å². The van der Waals surface area contributed by atoms with Crippen molar-refractivity contribution in [1.82, 2.24) is 20.2 Å². The molecule has 0 unspecified atom stereocenters. The second kappa shape index (κ2) is 11.1. The number of nitrogen functional groups attached to an aromatic ring is 1. The molecule has 0 amide bonds. The topological polar surface area (TPSA) is 103 Å². The van der Waals surface area contributed by atoms with E-state index in [4.69, 9.17) is 10.5 Å². The molecule has 286 valence electrons. The molecule has 3 aromatic rings. The predicted molar refractivity (Wildman–Crippen MR) is 179 cm³/mol. The van der Waals surface area contributed by atoms with Crippen molar-refractivity contribution in [2.75, 3.05) is 36.9 Å². The average molecular weight is 764 g/mol. The Balaban J connectivity index is 1.32. The minimum atomic E-state index is -5.47. The molecular formula is C37H34F9N7O. The maximum absolute atomic E-state index is 17.5. The summed E-state index contributed by atoms with van der Waals surface area (Å²) < 4.78 is 144. The fourth-order valence-electron chi connectivity index (χ4n) is 10.4. The lowest BCUT2D eigenvalue weighted by atomic mass is 9.82. The van der Waals surface area contributed by atoms with Gasteiger partial charge in [0, 0.05) is 54.3 Å². The summed E-state index contributed by atoms with van der Waals surface area (Å²) >= 11 is 0. The molecule has 6 heterocycles. The number of aryl methyl sites for hydroxylation is 1.